The first-order valence-corrected chi connectivity index (χ1v) is 6.15. The second-order valence-electron chi connectivity index (χ2n) is 4.92. The van der Waals surface area contributed by atoms with Crippen LogP contribution in [0.5, 0.6) is 0 Å². The zero-order chi connectivity index (χ0) is 13.1. The van der Waals surface area contributed by atoms with Crippen molar-refractivity contribution in [1.82, 2.24) is 14.7 Å². The highest BCUT2D eigenvalue weighted by atomic mass is 16.3. The first-order valence-electron chi connectivity index (χ1n) is 6.15. The van der Waals surface area contributed by atoms with E-state index in [4.69, 9.17) is 0 Å². The van der Waals surface area contributed by atoms with Gasteiger partial charge in [0.05, 0.1) is 11.8 Å². The molecule has 0 aromatic carbocycles. The second-order valence-corrected chi connectivity index (χ2v) is 4.92. The fraction of sp³-hybridized carbons (Fsp3) is 0.538. The summed E-state index contributed by atoms with van der Waals surface area (Å²) in [6.07, 6.45) is 6.48. The Hall–Kier alpha value is -1.62. The van der Waals surface area contributed by atoms with Gasteiger partial charge in [0.15, 0.2) is 0 Å². The number of aryl methyl sites for hydroxylation is 1. The molecule has 98 valence electrons. The normalized spacial score (nSPS) is 23.1. The minimum Gasteiger partial charge on any atom is -0.393 e. The number of hydrogen-bond donors (Lipinski definition) is 1. The number of carbonyl (C=O) groups excluding carboxylic acids is 1. The van der Waals surface area contributed by atoms with Crippen LogP contribution < -0.4 is 0 Å². The highest BCUT2D eigenvalue weighted by Crippen LogP contribution is 2.27. The number of aliphatic hydroxyl groups excluding tert-OH is 1. The van der Waals surface area contributed by atoms with Crippen molar-refractivity contribution in [1.29, 1.82) is 0 Å². The predicted octanol–water partition coefficient (Wildman–Crippen LogP) is 0.663. The number of nitrogens with zero attached hydrogens (tertiary/aromatic N) is 3. The van der Waals surface area contributed by atoms with Crippen molar-refractivity contribution in [3.05, 3.63) is 24.0 Å². The Bertz CT molecular complexity index is 447. The minimum atomic E-state index is -0.163. The summed E-state index contributed by atoms with van der Waals surface area (Å²) in [5.41, 5.74) is 0.899. The van der Waals surface area contributed by atoms with E-state index in [0.29, 0.717) is 12.5 Å². The average Bonchev–Trinajstić information content (AvgIpc) is 2.69. The SMILES string of the molecule is CN(CC1CC(O)C1)C(=O)C=Cc1ccnn1C. The summed E-state index contributed by atoms with van der Waals surface area (Å²) < 4.78 is 1.71. The minimum absolute atomic E-state index is 0.0161. The first kappa shape index (κ1) is 12.8. The zero-order valence-corrected chi connectivity index (χ0v) is 10.8. The van der Waals surface area contributed by atoms with Crippen molar-refractivity contribution in [2.75, 3.05) is 13.6 Å². The molecule has 0 spiro atoms. The molecule has 1 N–H and O–H groups in total. The van der Waals surface area contributed by atoms with Gasteiger partial charge in [0.2, 0.25) is 5.91 Å². The van der Waals surface area contributed by atoms with Crippen LogP contribution in [0.1, 0.15) is 18.5 Å². The lowest BCUT2D eigenvalue weighted by Crippen LogP contribution is -2.39. The van der Waals surface area contributed by atoms with Gasteiger partial charge in [0, 0.05) is 32.9 Å². The van der Waals surface area contributed by atoms with Crippen molar-refractivity contribution < 1.29 is 9.90 Å². The lowest BCUT2D eigenvalue weighted by atomic mass is 9.82. The third-order valence-corrected chi connectivity index (χ3v) is 3.37. The number of aromatic nitrogens is 2. The van der Waals surface area contributed by atoms with Gasteiger partial charge in [-0.2, -0.15) is 5.10 Å². The van der Waals surface area contributed by atoms with Crippen LogP contribution in [-0.4, -0.2) is 45.4 Å². The molecule has 5 heteroatoms. The molecule has 0 bridgehead atoms. The monoisotopic (exact) mass is 249 g/mol. The van der Waals surface area contributed by atoms with Gasteiger partial charge in [-0.15, -0.1) is 0 Å². The standard InChI is InChI=1S/C13H19N3O2/c1-15(9-10-7-12(17)8-10)13(18)4-3-11-5-6-14-16(11)2/h3-6,10,12,17H,7-9H2,1-2H3. The van der Waals surface area contributed by atoms with Crippen molar-refractivity contribution in [3.8, 4) is 0 Å². The van der Waals surface area contributed by atoms with E-state index in [9.17, 15) is 9.90 Å². The summed E-state index contributed by atoms with van der Waals surface area (Å²) in [5.74, 6) is 0.427. The molecule has 0 aliphatic heterocycles. The van der Waals surface area contributed by atoms with E-state index < -0.39 is 0 Å². The molecule has 18 heavy (non-hydrogen) atoms. The van der Waals surface area contributed by atoms with E-state index in [1.165, 1.54) is 0 Å². The van der Waals surface area contributed by atoms with Gasteiger partial charge in [-0.05, 0) is 30.9 Å². The maximum Gasteiger partial charge on any atom is 0.246 e. The summed E-state index contributed by atoms with van der Waals surface area (Å²) in [7, 11) is 3.63. The molecule has 1 aliphatic rings. The van der Waals surface area contributed by atoms with Crippen LogP contribution in [-0.2, 0) is 11.8 Å². The summed E-state index contributed by atoms with van der Waals surface area (Å²) >= 11 is 0. The van der Waals surface area contributed by atoms with Crippen LogP contribution in [0.4, 0.5) is 0 Å². The topological polar surface area (TPSA) is 58.4 Å². The molecular weight excluding hydrogens is 230 g/mol. The maximum atomic E-state index is 11.9. The van der Waals surface area contributed by atoms with E-state index in [1.807, 2.05) is 13.1 Å². The second kappa shape index (κ2) is 5.35. The fourth-order valence-corrected chi connectivity index (χ4v) is 2.16. The molecule has 2 rings (SSSR count). The van der Waals surface area contributed by atoms with Crippen LogP contribution in [0, 0.1) is 5.92 Å². The lowest BCUT2D eigenvalue weighted by molar-refractivity contribution is -0.126. The molecule has 1 amide bonds. The Morgan fingerprint density at radius 2 is 2.39 bits per heavy atom. The number of carbonyl (C=O) groups is 1. The third kappa shape index (κ3) is 2.98. The largest absolute Gasteiger partial charge is 0.393 e. The van der Waals surface area contributed by atoms with Gasteiger partial charge < -0.3 is 10.0 Å². The van der Waals surface area contributed by atoms with E-state index >= 15 is 0 Å². The molecule has 5 nitrogen and oxygen atoms in total. The lowest BCUT2D eigenvalue weighted by Gasteiger charge is -2.34. The van der Waals surface area contributed by atoms with Crippen molar-refractivity contribution in [2.45, 2.75) is 18.9 Å². The summed E-state index contributed by atoms with van der Waals surface area (Å²) in [6.45, 7) is 0.714. The van der Waals surface area contributed by atoms with Crippen LogP contribution in [0.2, 0.25) is 0 Å². The fourth-order valence-electron chi connectivity index (χ4n) is 2.16. The van der Waals surface area contributed by atoms with E-state index in [-0.39, 0.29) is 12.0 Å². The Labute approximate surface area is 107 Å². The van der Waals surface area contributed by atoms with E-state index in [0.717, 1.165) is 18.5 Å². The molecule has 0 radical (unpaired) electrons. The Kier molecular flexibility index (Phi) is 3.81. The van der Waals surface area contributed by atoms with Crippen molar-refractivity contribution in [3.63, 3.8) is 0 Å². The van der Waals surface area contributed by atoms with Gasteiger partial charge in [-0.25, -0.2) is 0 Å². The number of likely N-dealkylation sites (N-methyl/N-ethyl adjacent to an activating group) is 1. The molecule has 1 aromatic heterocycles. The molecule has 1 aromatic rings. The van der Waals surface area contributed by atoms with Crippen LogP contribution >= 0.6 is 0 Å². The van der Waals surface area contributed by atoms with Gasteiger partial charge in [-0.3, -0.25) is 9.48 Å². The highest BCUT2D eigenvalue weighted by molar-refractivity contribution is 5.91. The van der Waals surface area contributed by atoms with Gasteiger partial charge in [-0.1, -0.05) is 0 Å². The quantitative estimate of drug-likeness (QED) is 0.798. The number of hydrogen-bond acceptors (Lipinski definition) is 3. The molecule has 1 fully saturated rings. The number of amides is 1. The summed E-state index contributed by atoms with van der Waals surface area (Å²) in [6, 6.07) is 1.85. The first-order chi connectivity index (χ1) is 8.56. The smallest absolute Gasteiger partial charge is 0.246 e. The van der Waals surface area contributed by atoms with Gasteiger partial charge in [0.1, 0.15) is 0 Å². The zero-order valence-electron chi connectivity index (χ0n) is 10.8. The summed E-state index contributed by atoms with van der Waals surface area (Å²) in [5, 5.41) is 13.2. The average molecular weight is 249 g/mol. The molecule has 0 unspecified atom stereocenters. The number of aliphatic hydroxyl groups is 1. The number of rotatable bonds is 4. The summed E-state index contributed by atoms with van der Waals surface area (Å²) in [4.78, 5) is 13.6. The van der Waals surface area contributed by atoms with Crippen molar-refractivity contribution >= 4 is 12.0 Å². The maximum absolute atomic E-state index is 11.9. The van der Waals surface area contributed by atoms with Crippen LogP contribution in [0.3, 0.4) is 0 Å². The van der Waals surface area contributed by atoms with Gasteiger partial charge in [0.25, 0.3) is 0 Å². The van der Waals surface area contributed by atoms with Gasteiger partial charge >= 0.3 is 0 Å². The molecule has 0 atom stereocenters. The Morgan fingerprint density at radius 3 is 2.94 bits per heavy atom. The molecule has 1 heterocycles. The molecular formula is C13H19N3O2. The highest BCUT2D eigenvalue weighted by Gasteiger charge is 2.28. The predicted molar refractivity (Wildman–Crippen MR) is 68.6 cm³/mol. The molecule has 1 saturated carbocycles. The van der Waals surface area contributed by atoms with E-state index in [1.54, 1.807) is 35.0 Å². The van der Waals surface area contributed by atoms with Crippen LogP contribution in [0.25, 0.3) is 6.08 Å². The van der Waals surface area contributed by atoms with E-state index in [2.05, 4.69) is 5.10 Å². The Morgan fingerprint density at radius 1 is 1.67 bits per heavy atom. The third-order valence-electron chi connectivity index (χ3n) is 3.37. The van der Waals surface area contributed by atoms with Crippen molar-refractivity contribution in [2.24, 2.45) is 13.0 Å². The molecule has 1 aliphatic carbocycles. The van der Waals surface area contributed by atoms with Crippen LogP contribution in [0.15, 0.2) is 18.3 Å². The Balaban J connectivity index is 1.84. The molecule has 0 saturated heterocycles.